The molecule has 0 spiro atoms. The molecule has 2 aliphatic heterocycles. The topological polar surface area (TPSA) is 145 Å². The number of benzene rings is 2. The molecule has 0 fully saturated rings. The summed E-state index contributed by atoms with van der Waals surface area (Å²) >= 11 is 0. The Kier molecular flexibility index (Phi) is 9.00. The number of nitrogens with zero attached hydrogens (tertiary/aromatic N) is 3. The summed E-state index contributed by atoms with van der Waals surface area (Å²) in [7, 11) is -1.85. The van der Waals surface area contributed by atoms with Gasteiger partial charge in [0.1, 0.15) is 11.5 Å². The molecule has 2 aliphatic rings. The number of aromatic carboxylic acids is 1. The zero-order chi connectivity index (χ0) is 27.4. The van der Waals surface area contributed by atoms with Gasteiger partial charge in [-0.2, -0.15) is 0 Å². The molecule has 0 radical (unpaired) electrons. The SMILES string of the molecule is Cl.O=C(O)c1cccc(Oc2ccc3c(c2)B(O)OC3)n1.[C-]#[N+]c1cccc(Oc2ccc3c(c2)B(O)OC3)n1. The lowest BCUT2D eigenvalue weighted by atomic mass is 9.79. The second-order valence-electron chi connectivity index (χ2n) is 8.36. The lowest BCUT2D eigenvalue weighted by molar-refractivity contribution is 0.0689. The number of rotatable bonds is 5. The molecule has 6 rings (SSSR count). The van der Waals surface area contributed by atoms with Crippen LogP contribution in [-0.2, 0) is 22.5 Å². The van der Waals surface area contributed by atoms with E-state index in [1.54, 1.807) is 60.7 Å². The largest absolute Gasteiger partial charge is 0.491 e. The zero-order valence-electron chi connectivity index (χ0n) is 20.6. The van der Waals surface area contributed by atoms with Crippen LogP contribution in [-0.4, -0.2) is 45.3 Å². The van der Waals surface area contributed by atoms with Crippen molar-refractivity contribution in [2.75, 3.05) is 0 Å². The number of hydrogen-bond donors (Lipinski definition) is 3. The van der Waals surface area contributed by atoms with Gasteiger partial charge in [-0.25, -0.2) is 9.78 Å². The van der Waals surface area contributed by atoms with E-state index in [1.807, 2.05) is 6.07 Å². The number of hydrogen-bond acceptors (Lipinski definition) is 9. The van der Waals surface area contributed by atoms with Crippen molar-refractivity contribution in [3.63, 3.8) is 0 Å². The molecule has 0 unspecified atom stereocenters. The number of fused-ring (bicyclic) bond motifs is 2. The van der Waals surface area contributed by atoms with E-state index in [1.165, 1.54) is 6.07 Å². The number of carboxylic acids is 1. The van der Waals surface area contributed by atoms with Crippen molar-refractivity contribution < 1.29 is 38.7 Å². The Bertz CT molecular complexity index is 1590. The van der Waals surface area contributed by atoms with Crippen LogP contribution in [0, 0.1) is 6.57 Å². The van der Waals surface area contributed by atoms with Gasteiger partial charge in [0.25, 0.3) is 5.82 Å². The van der Waals surface area contributed by atoms with Crippen LogP contribution < -0.4 is 20.4 Å². The maximum Gasteiger partial charge on any atom is 0.491 e. The summed E-state index contributed by atoms with van der Waals surface area (Å²) < 4.78 is 21.3. The van der Waals surface area contributed by atoms with Crippen molar-refractivity contribution in [2.24, 2.45) is 0 Å². The molecule has 3 N–H and O–H groups in total. The summed E-state index contributed by atoms with van der Waals surface area (Å²) in [5.41, 5.74) is 3.11. The van der Waals surface area contributed by atoms with Gasteiger partial charge in [-0.15, -0.1) is 12.4 Å². The lowest BCUT2D eigenvalue weighted by Crippen LogP contribution is -2.27. The van der Waals surface area contributed by atoms with Gasteiger partial charge >= 0.3 is 26.1 Å². The first-order valence-electron chi connectivity index (χ1n) is 11.6. The van der Waals surface area contributed by atoms with E-state index in [9.17, 15) is 14.8 Å². The van der Waals surface area contributed by atoms with Gasteiger partial charge in [-0.1, -0.05) is 35.8 Å². The zero-order valence-corrected chi connectivity index (χ0v) is 21.4. The third-order valence-corrected chi connectivity index (χ3v) is 5.77. The number of ether oxygens (including phenoxy) is 2. The number of pyridine rings is 2. The molecule has 0 saturated carbocycles. The first-order valence-corrected chi connectivity index (χ1v) is 11.6. The molecule has 4 heterocycles. The molecule has 0 atom stereocenters. The van der Waals surface area contributed by atoms with E-state index in [2.05, 4.69) is 14.8 Å². The fraction of sp³-hybridized carbons (Fsp3) is 0.0769. The Labute approximate surface area is 235 Å². The van der Waals surface area contributed by atoms with Crippen molar-refractivity contribution in [3.8, 4) is 23.3 Å². The first kappa shape index (κ1) is 28.6. The highest BCUT2D eigenvalue weighted by Gasteiger charge is 2.28. The predicted molar refractivity (Wildman–Crippen MR) is 147 cm³/mol. The molecule has 0 amide bonds. The minimum atomic E-state index is -1.12. The van der Waals surface area contributed by atoms with E-state index in [-0.39, 0.29) is 29.8 Å². The molecular formula is C26H20B2ClN3O8. The van der Waals surface area contributed by atoms with Crippen LogP contribution >= 0.6 is 12.4 Å². The summed E-state index contributed by atoms with van der Waals surface area (Å²) in [6.07, 6.45) is 0. The molecule has 14 heteroatoms. The Morgan fingerprint density at radius 3 is 1.88 bits per heavy atom. The van der Waals surface area contributed by atoms with Crippen LogP contribution in [0.4, 0.5) is 5.82 Å². The molecule has 0 aliphatic carbocycles. The fourth-order valence-electron chi connectivity index (χ4n) is 3.87. The van der Waals surface area contributed by atoms with E-state index >= 15 is 0 Å². The third-order valence-electron chi connectivity index (χ3n) is 5.77. The van der Waals surface area contributed by atoms with E-state index in [0.29, 0.717) is 41.5 Å². The Balaban J connectivity index is 0.000000181. The highest BCUT2D eigenvalue weighted by atomic mass is 35.5. The molecule has 4 aromatic rings. The molecule has 0 bridgehead atoms. The Morgan fingerprint density at radius 2 is 1.35 bits per heavy atom. The van der Waals surface area contributed by atoms with Gasteiger partial charge in [-0.05, 0) is 58.5 Å². The van der Waals surface area contributed by atoms with E-state index < -0.39 is 20.2 Å². The van der Waals surface area contributed by atoms with Crippen molar-refractivity contribution in [2.45, 2.75) is 13.2 Å². The second-order valence-corrected chi connectivity index (χ2v) is 8.36. The van der Waals surface area contributed by atoms with Crippen molar-refractivity contribution in [3.05, 3.63) is 101 Å². The standard InChI is InChI=1S/C13H9BN2O3.C13H10BNO5.ClH/c1-15-12-3-2-4-13(16-12)19-10-6-5-9-8-18-14(17)11(9)7-10;16-13(17)11-2-1-3-12(15-11)20-9-5-4-8-7-19-14(18)10(8)6-9;/h2-7,17H,8H2;1-6,18H,7H2,(H,16,17);1H. The maximum absolute atomic E-state index is 10.8. The van der Waals surface area contributed by atoms with Gasteiger partial charge in [0.15, 0.2) is 5.69 Å². The summed E-state index contributed by atoms with van der Waals surface area (Å²) in [6, 6.07) is 20.0. The smallest absolute Gasteiger partial charge is 0.477 e. The number of carbonyl (C=O) groups is 1. The molecule has 2 aromatic heterocycles. The van der Waals surface area contributed by atoms with Gasteiger partial charge in [-0.3, -0.25) is 0 Å². The van der Waals surface area contributed by atoms with Crippen LogP contribution in [0.2, 0.25) is 0 Å². The van der Waals surface area contributed by atoms with Crippen molar-refractivity contribution >= 4 is 49.4 Å². The molecule has 40 heavy (non-hydrogen) atoms. The number of halogens is 1. The molecule has 200 valence electrons. The molecule has 11 nitrogen and oxygen atoms in total. The Morgan fingerprint density at radius 1 is 0.825 bits per heavy atom. The summed E-state index contributed by atoms with van der Waals surface area (Å²) in [4.78, 5) is 22.0. The minimum Gasteiger partial charge on any atom is -0.477 e. The van der Waals surface area contributed by atoms with Gasteiger partial charge in [0, 0.05) is 12.1 Å². The highest BCUT2D eigenvalue weighted by molar-refractivity contribution is 6.62. The number of carboxylic acid groups (broad SMARTS) is 1. The second kappa shape index (κ2) is 12.6. The summed E-state index contributed by atoms with van der Waals surface area (Å²) in [6.45, 7) is 7.67. The average molecular weight is 560 g/mol. The van der Waals surface area contributed by atoms with Crippen LogP contribution in [0.5, 0.6) is 23.3 Å². The van der Waals surface area contributed by atoms with Gasteiger partial charge in [0.05, 0.1) is 13.2 Å². The average Bonchev–Trinajstić information content (AvgIpc) is 3.51. The molecular weight excluding hydrogens is 539 g/mol. The third kappa shape index (κ3) is 6.58. The van der Waals surface area contributed by atoms with Gasteiger partial charge < -0.3 is 38.8 Å². The Hall–Kier alpha value is -4.44. The van der Waals surface area contributed by atoms with Crippen LogP contribution in [0.3, 0.4) is 0 Å². The minimum absolute atomic E-state index is 0. The van der Waals surface area contributed by atoms with Crippen LogP contribution in [0.25, 0.3) is 4.85 Å². The predicted octanol–water partition coefficient (Wildman–Crippen LogP) is 2.85. The lowest BCUT2D eigenvalue weighted by Gasteiger charge is -2.07. The van der Waals surface area contributed by atoms with Crippen LogP contribution in [0.1, 0.15) is 21.6 Å². The van der Waals surface area contributed by atoms with Crippen molar-refractivity contribution in [1.82, 2.24) is 9.97 Å². The monoisotopic (exact) mass is 559 g/mol. The fourth-order valence-corrected chi connectivity index (χ4v) is 3.87. The first-order chi connectivity index (χ1) is 18.9. The summed E-state index contributed by atoms with van der Waals surface area (Å²) in [5.74, 6) is 0.705. The normalized spacial score (nSPS) is 12.7. The maximum atomic E-state index is 10.8. The quantitative estimate of drug-likeness (QED) is 0.247. The van der Waals surface area contributed by atoms with E-state index in [4.69, 9.17) is 30.5 Å². The van der Waals surface area contributed by atoms with Gasteiger partial charge in [0.2, 0.25) is 5.88 Å². The van der Waals surface area contributed by atoms with Crippen LogP contribution in [0.15, 0.2) is 72.8 Å². The highest BCUT2D eigenvalue weighted by Crippen LogP contribution is 2.24. The van der Waals surface area contributed by atoms with E-state index in [0.717, 1.165) is 11.1 Å². The molecule has 0 saturated heterocycles. The number of aromatic nitrogens is 2. The van der Waals surface area contributed by atoms with Crippen molar-refractivity contribution in [1.29, 1.82) is 0 Å². The molecule has 2 aromatic carbocycles. The summed E-state index contributed by atoms with van der Waals surface area (Å²) in [5, 5.41) is 28.1.